The van der Waals surface area contributed by atoms with Crippen LogP contribution >= 0.6 is 0 Å². The first-order chi connectivity index (χ1) is 5.21. The fourth-order valence-electron chi connectivity index (χ4n) is 2.30. The molecule has 62 valence electrons. The highest BCUT2D eigenvalue weighted by atomic mass is 16.6. The summed E-state index contributed by atoms with van der Waals surface area (Å²) in [5.41, 5.74) is 0.190. The van der Waals surface area contributed by atoms with Crippen LogP contribution in [0.15, 0.2) is 0 Å². The fourth-order valence-corrected chi connectivity index (χ4v) is 2.30. The molecule has 0 aromatic heterocycles. The summed E-state index contributed by atoms with van der Waals surface area (Å²) < 4.78 is 5.23. The lowest BCUT2D eigenvalue weighted by atomic mass is 9.73. The summed E-state index contributed by atoms with van der Waals surface area (Å²) in [7, 11) is 0. The van der Waals surface area contributed by atoms with Gasteiger partial charge in [-0.2, -0.15) is 0 Å². The van der Waals surface area contributed by atoms with E-state index in [1.165, 1.54) is 19.3 Å². The van der Waals surface area contributed by atoms with Crippen molar-refractivity contribution in [1.29, 1.82) is 0 Å². The molecule has 1 saturated carbocycles. The Bertz CT molecular complexity index is 188. The van der Waals surface area contributed by atoms with Crippen molar-refractivity contribution in [2.45, 2.75) is 45.1 Å². The molecule has 2 rings (SSSR count). The maximum atomic E-state index is 11.0. The molecule has 0 radical (unpaired) electrons. The molecule has 11 heavy (non-hydrogen) atoms. The van der Waals surface area contributed by atoms with Crippen LogP contribution < -0.4 is 0 Å². The summed E-state index contributed by atoms with van der Waals surface area (Å²) in [6.07, 6.45) is 5.64. The van der Waals surface area contributed by atoms with E-state index in [2.05, 4.69) is 6.92 Å². The van der Waals surface area contributed by atoms with Crippen LogP contribution in [-0.4, -0.2) is 12.1 Å². The van der Waals surface area contributed by atoms with Gasteiger partial charge in [-0.25, -0.2) is 0 Å². The Morgan fingerprint density at radius 2 is 2.36 bits per heavy atom. The summed E-state index contributed by atoms with van der Waals surface area (Å²) in [6.45, 7) is 2.18. The van der Waals surface area contributed by atoms with Crippen molar-refractivity contribution >= 4 is 5.97 Å². The lowest BCUT2D eigenvalue weighted by Gasteiger charge is -2.32. The van der Waals surface area contributed by atoms with Gasteiger partial charge in [-0.1, -0.05) is 13.3 Å². The van der Waals surface area contributed by atoms with Crippen LogP contribution in [0, 0.1) is 5.41 Å². The van der Waals surface area contributed by atoms with Crippen LogP contribution in [0.2, 0.25) is 0 Å². The molecular formula is C9H14O2. The van der Waals surface area contributed by atoms with E-state index in [1.54, 1.807) is 0 Å². The normalized spacial score (nSPS) is 43.4. The summed E-state index contributed by atoms with van der Waals surface area (Å²) in [6, 6.07) is 0. The third kappa shape index (κ3) is 1.05. The van der Waals surface area contributed by atoms with Crippen LogP contribution in [0.3, 0.4) is 0 Å². The van der Waals surface area contributed by atoms with E-state index in [0.29, 0.717) is 6.42 Å². The molecule has 0 bridgehead atoms. The van der Waals surface area contributed by atoms with Crippen molar-refractivity contribution in [3.63, 3.8) is 0 Å². The minimum atomic E-state index is 0.0133. The van der Waals surface area contributed by atoms with E-state index < -0.39 is 0 Å². The van der Waals surface area contributed by atoms with Gasteiger partial charge in [0.1, 0.15) is 6.10 Å². The van der Waals surface area contributed by atoms with Gasteiger partial charge in [0.2, 0.25) is 0 Å². The number of hydrogen-bond acceptors (Lipinski definition) is 2. The van der Waals surface area contributed by atoms with Crippen molar-refractivity contribution in [2.24, 2.45) is 5.41 Å². The van der Waals surface area contributed by atoms with E-state index >= 15 is 0 Å². The molecule has 2 atom stereocenters. The van der Waals surface area contributed by atoms with Gasteiger partial charge in [-0.15, -0.1) is 0 Å². The first-order valence-corrected chi connectivity index (χ1v) is 4.40. The lowest BCUT2D eigenvalue weighted by Crippen LogP contribution is -2.30. The Morgan fingerprint density at radius 1 is 1.55 bits per heavy atom. The van der Waals surface area contributed by atoms with E-state index in [9.17, 15) is 4.79 Å². The highest BCUT2D eigenvalue weighted by molar-refractivity contribution is 5.73. The van der Waals surface area contributed by atoms with Crippen molar-refractivity contribution in [3.05, 3.63) is 0 Å². The third-order valence-electron chi connectivity index (χ3n) is 3.06. The summed E-state index contributed by atoms with van der Waals surface area (Å²) in [5.74, 6) is 0.0133. The second-order valence-corrected chi connectivity index (χ2v) is 4.06. The van der Waals surface area contributed by atoms with Crippen molar-refractivity contribution < 1.29 is 9.53 Å². The molecule has 0 unspecified atom stereocenters. The molecule has 0 amide bonds. The number of esters is 1. The third-order valence-corrected chi connectivity index (χ3v) is 3.06. The molecule has 2 nitrogen and oxygen atoms in total. The molecule has 2 fully saturated rings. The average Bonchev–Trinajstić information content (AvgIpc) is 2.22. The molecule has 0 aromatic carbocycles. The first-order valence-electron chi connectivity index (χ1n) is 4.40. The maximum absolute atomic E-state index is 11.0. The molecule has 0 spiro atoms. The zero-order valence-electron chi connectivity index (χ0n) is 6.93. The Labute approximate surface area is 66.9 Å². The number of fused-ring (bicyclic) bond motifs is 1. The van der Waals surface area contributed by atoms with Crippen LogP contribution in [-0.2, 0) is 9.53 Å². The van der Waals surface area contributed by atoms with Crippen molar-refractivity contribution in [3.8, 4) is 0 Å². The number of hydrogen-bond donors (Lipinski definition) is 0. The van der Waals surface area contributed by atoms with Gasteiger partial charge in [0.05, 0.1) is 6.42 Å². The van der Waals surface area contributed by atoms with Crippen LogP contribution in [0.1, 0.15) is 39.0 Å². The predicted molar refractivity (Wildman–Crippen MR) is 41.1 cm³/mol. The monoisotopic (exact) mass is 154 g/mol. The second-order valence-electron chi connectivity index (χ2n) is 4.06. The maximum Gasteiger partial charge on any atom is 0.306 e. The van der Waals surface area contributed by atoms with Gasteiger partial charge in [0, 0.05) is 5.41 Å². The topological polar surface area (TPSA) is 26.3 Å². The standard InChI is InChI=1S/C9H14O2/c1-9-5-3-2-4-7(9)11-8(10)6-9/h7H,2-6H2,1H3/t7-,9-/m0/s1. The highest BCUT2D eigenvalue weighted by Crippen LogP contribution is 2.45. The van der Waals surface area contributed by atoms with Crippen LogP contribution in [0.25, 0.3) is 0 Å². The second kappa shape index (κ2) is 2.23. The summed E-state index contributed by atoms with van der Waals surface area (Å²) in [5, 5.41) is 0. The average molecular weight is 154 g/mol. The van der Waals surface area contributed by atoms with E-state index in [0.717, 1.165) is 6.42 Å². The Balaban J connectivity index is 2.17. The fraction of sp³-hybridized carbons (Fsp3) is 0.889. The van der Waals surface area contributed by atoms with Crippen molar-refractivity contribution in [1.82, 2.24) is 0 Å². The number of rotatable bonds is 0. The van der Waals surface area contributed by atoms with Gasteiger partial charge < -0.3 is 4.74 Å². The molecule has 1 aliphatic heterocycles. The first kappa shape index (κ1) is 7.14. The van der Waals surface area contributed by atoms with Crippen LogP contribution in [0.4, 0.5) is 0 Å². The Kier molecular flexibility index (Phi) is 1.44. The molecule has 1 aliphatic carbocycles. The largest absolute Gasteiger partial charge is 0.462 e. The highest BCUT2D eigenvalue weighted by Gasteiger charge is 2.46. The van der Waals surface area contributed by atoms with E-state index in [1.807, 2.05) is 0 Å². The minimum absolute atomic E-state index is 0.0133. The van der Waals surface area contributed by atoms with E-state index in [-0.39, 0.29) is 17.5 Å². The van der Waals surface area contributed by atoms with Gasteiger partial charge >= 0.3 is 5.97 Å². The zero-order valence-corrected chi connectivity index (χ0v) is 6.93. The molecule has 0 aromatic rings. The van der Waals surface area contributed by atoms with Gasteiger partial charge in [-0.05, 0) is 19.3 Å². The quantitative estimate of drug-likeness (QED) is 0.498. The smallest absolute Gasteiger partial charge is 0.306 e. The van der Waals surface area contributed by atoms with Gasteiger partial charge in [0.15, 0.2) is 0 Å². The van der Waals surface area contributed by atoms with Gasteiger partial charge in [0.25, 0.3) is 0 Å². The van der Waals surface area contributed by atoms with E-state index in [4.69, 9.17) is 4.74 Å². The molecule has 1 heterocycles. The Hall–Kier alpha value is -0.530. The predicted octanol–water partition coefficient (Wildman–Crippen LogP) is 1.88. The SMILES string of the molecule is C[C@@]12CCCC[C@@H]1OC(=O)C2. The summed E-state index contributed by atoms with van der Waals surface area (Å²) >= 11 is 0. The number of carbonyl (C=O) groups is 1. The molecule has 2 heteroatoms. The van der Waals surface area contributed by atoms with Crippen molar-refractivity contribution in [2.75, 3.05) is 0 Å². The van der Waals surface area contributed by atoms with Gasteiger partial charge in [-0.3, -0.25) is 4.79 Å². The summed E-state index contributed by atoms with van der Waals surface area (Å²) in [4.78, 5) is 11.0. The molecule has 1 saturated heterocycles. The van der Waals surface area contributed by atoms with Crippen LogP contribution in [0.5, 0.6) is 0 Å². The molecule has 2 aliphatic rings. The zero-order chi connectivity index (χ0) is 7.90. The Morgan fingerprint density at radius 3 is 3.09 bits per heavy atom. The molecule has 0 N–H and O–H groups in total. The minimum Gasteiger partial charge on any atom is -0.462 e. The lowest BCUT2D eigenvalue weighted by molar-refractivity contribution is -0.142. The number of carbonyl (C=O) groups excluding carboxylic acids is 1. The number of ether oxygens (including phenoxy) is 1. The molecular weight excluding hydrogens is 140 g/mol.